The maximum atomic E-state index is 13.2. The molecule has 10 heteroatoms. The molecule has 3 atom stereocenters. The Balaban J connectivity index is 2.34. The van der Waals surface area contributed by atoms with E-state index in [1.807, 2.05) is 25.9 Å². The Hall–Kier alpha value is -2.33. The first-order chi connectivity index (χ1) is 14.4. The second-order valence-corrected chi connectivity index (χ2v) is 8.26. The summed E-state index contributed by atoms with van der Waals surface area (Å²) in [4.78, 5) is 28.6. The van der Waals surface area contributed by atoms with Crippen LogP contribution in [0.15, 0.2) is 18.2 Å². The van der Waals surface area contributed by atoms with Crippen molar-refractivity contribution in [2.24, 2.45) is 5.92 Å². The van der Waals surface area contributed by atoms with Crippen LogP contribution in [0.3, 0.4) is 0 Å². The Morgan fingerprint density at radius 3 is 2.65 bits per heavy atom. The Labute approximate surface area is 180 Å². The minimum absolute atomic E-state index is 0.0183. The second kappa shape index (κ2) is 10.3. The number of fused-ring (bicyclic) bond motifs is 1. The molecule has 1 heterocycles. The van der Waals surface area contributed by atoms with Crippen molar-refractivity contribution in [3.8, 4) is 5.75 Å². The summed E-state index contributed by atoms with van der Waals surface area (Å²) in [5.41, 5.74) is 0.391. The molecule has 2 amide bonds. The van der Waals surface area contributed by atoms with Crippen molar-refractivity contribution in [1.29, 1.82) is 0 Å². The lowest BCUT2D eigenvalue weighted by atomic mass is 9.99. The van der Waals surface area contributed by atoms with Gasteiger partial charge in [0, 0.05) is 31.1 Å². The van der Waals surface area contributed by atoms with Crippen LogP contribution in [0.25, 0.3) is 0 Å². The molecule has 0 saturated carbocycles. The van der Waals surface area contributed by atoms with Crippen LogP contribution in [0.1, 0.15) is 37.0 Å². The van der Waals surface area contributed by atoms with Gasteiger partial charge in [0.15, 0.2) is 0 Å². The molecule has 31 heavy (non-hydrogen) atoms. The van der Waals surface area contributed by atoms with Crippen LogP contribution in [0.4, 0.5) is 18.9 Å². The predicted molar refractivity (Wildman–Crippen MR) is 110 cm³/mol. The van der Waals surface area contributed by atoms with Gasteiger partial charge in [0.25, 0.3) is 5.91 Å². The molecular weight excluding hydrogens is 415 g/mol. The number of likely N-dealkylation sites (N-methyl/N-ethyl adjacent to an activating group) is 1. The molecule has 0 saturated heterocycles. The number of anilines is 1. The Bertz CT molecular complexity index is 786. The number of rotatable bonds is 7. The molecule has 0 unspecified atom stereocenters. The number of halogens is 3. The number of alkyl halides is 3. The smallest absolute Gasteiger partial charge is 0.389 e. The number of hydrogen-bond acceptors (Lipinski definition) is 5. The maximum absolute atomic E-state index is 13.2. The summed E-state index contributed by atoms with van der Waals surface area (Å²) in [7, 11) is 3.82. The highest BCUT2D eigenvalue weighted by molar-refractivity contribution is 5.99. The van der Waals surface area contributed by atoms with Gasteiger partial charge in [-0.2, -0.15) is 13.2 Å². The van der Waals surface area contributed by atoms with Gasteiger partial charge < -0.3 is 25.0 Å². The lowest BCUT2D eigenvalue weighted by molar-refractivity contribution is -0.142. The molecule has 0 aliphatic carbocycles. The van der Waals surface area contributed by atoms with Gasteiger partial charge in [-0.1, -0.05) is 6.92 Å². The molecule has 2 N–H and O–H groups in total. The van der Waals surface area contributed by atoms with Crippen LogP contribution in [-0.2, 0) is 4.79 Å². The molecule has 0 radical (unpaired) electrons. The van der Waals surface area contributed by atoms with E-state index in [9.17, 15) is 27.9 Å². The van der Waals surface area contributed by atoms with Crippen LogP contribution < -0.4 is 10.1 Å². The zero-order valence-corrected chi connectivity index (χ0v) is 18.2. The predicted octanol–water partition coefficient (Wildman–Crippen LogP) is 2.75. The summed E-state index contributed by atoms with van der Waals surface area (Å²) in [6, 6.07) is 4.00. The number of hydrogen-bond donors (Lipinski definition) is 2. The highest BCUT2D eigenvalue weighted by Gasteiger charge is 2.33. The van der Waals surface area contributed by atoms with E-state index in [1.165, 1.54) is 18.2 Å². The number of aliphatic hydroxyl groups excluding tert-OH is 1. The fraction of sp³-hybridized carbons (Fsp3) is 0.619. The molecule has 0 aromatic heterocycles. The van der Waals surface area contributed by atoms with Gasteiger partial charge in [-0.3, -0.25) is 9.59 Å². The molecule has 0 bridgehead atoms. The first-order valence-corrected chi connectivity index (χ1v) is 10.1. The van der Waals surface area contributed by atoms with Gasteiger partial charge in [0.2, 0.25) is 5.91 Å². The first-order valence-electron chi connectivity index (χ1n) is 10.1. The van der Waals surface area contributed by atoms with Gasteiger partial charge in [0.05, 0.1) is 24.6 Å². The highest BCUT2D eigenvalue weighted by atomic mass is 19.4. The molecule has 7 nitrogen and oxygen atoms in total. The molecule has 1 aromatic carbocycles. The highest BCUT2D eigenvalue weighted by Crippen LogP contribution is 2.31. The number of nitrogens with zero attached hydrogens (tertiary/aromatic N) is 2. The molecular formula is C21H30F3N3O4. The fourth-order valence-electron chi connectivity index (χ4n) is 3.36. The molecule has 2 rings (SSSR count). The molecule has 0 spiro atoms. The topological polar surface area (TPSA) is 82.1 Å². The van der Waals surface area contributed by atoms with Crippen LogP contribution in [0, 0.1) is 5.92 Å². The summed E-state index contributed by atoms with van der Waals surface area (Å²) < 4.78 is 43.2. The summed E-state index contributed by atoms with van der Waals surface area (Å²) in [5, 5.41) is 12.0. The van der Waals surface area contributed by atoms with Gasteiger partial charge in [-0.05, 0) is 39.2 Å². The van der Waals surface area contributed by atoms with Crippen molar-refractivity contribution in [2.75, 3.05) is 39.1 Å². The van der Waals surface area contributed by atoms with Crippen molar-refractivity contribution in [2.45, 2.75) is 45.0 Å². The summed E-state index contributed by atoms with van der Waals surface area (Å²) in [6.45, 7) is 4.45. The van der Waals surface area contributed by atoms with E-state index in [0.29, 0.717) is 18.8 Å². The summed E-state index contributed by atoms with van der Waals surface area (Å²) in [6.07, 6.45) is -6.59. The summed E-state index contributed by atoms with van der Waals surface area (Å²) in [5.74, 6) is -0.864. The molecule has 1 aliphatic rings. The van der Waals surface area contributed by atoms with E-state index in [-0.39, 0.29) is 35.8 Å². The third kappa shape index (κ3) is 7.10. The molecule has 174 valence electrons. The van der Waals surface area contributed by atoms with Gasteiger partial charge >= 0.3 is 6.18 Å². The van der Waals surface area contributed by atoms with E-state index >= 15 is 0 Å². The number of carbonyl (C=O) groups excluding carboxylic acids is 2. The third-order valence-electron chi connectivity index (χ3n) is 5.13. The second-order valence-electron chi connectivity index (χ2n) is 8.26. The van der Waals surface area contributed by atoms with Crippen molar-refractivity contribution in [3.05, 3.63) is 23.8 Å². The average molecular weight is 445 g/mol. The zero-order chi connectivity index (χ0) is 23.3. The number of benzene rings is 1. The first kappa shape index (κ1) is 24.9. The van der Waals surface area contributed by atoms with Gasteiger partial charge in [-0.15, -0.1) is 0 Å². The largest absolute Gasteiger partial charge is 0.488 e. The number of amides is 2. The Kier molecular flexibility index (Phi) is 8.30. The SMILES string of the molecule is C[C@@H]1CN([C@H](C)CO)C(=O)c2cc(NC(=O)CCC(F)(F)F)ccc2O[C@H]1CN(C)C. The minimum Gasteiger partial charge on any atom is -0.488 e. The number of ether oxygens (including phenoxy) is 1. The monoisotopic (exact) mass is 445 g/mol. The third-order valence-corrected chi connectivity index (χ3v) is 5.13. The van der Waals surface area contributed by atoms with Gasteiger partial charge in [0.1, 0.15) is 11.9 Å². The number of nitrogens with one attached hydrogen (secondary N) is 1. The van der Waals surface area contributed by atoms with E-state index in [4.69, 9.17) is 4.74 Å². The maximum Gasteiger partial charge on any atom is 0.389 e. The van der Waals surface area contributed by atoms with E-state index in [0.717, 1.165) is 0 Å². The normalized spacial score (nSPS) is 20.5. The minimum atomic E-state index is -4.42. The van der Waals surface area contributed by atoms with Crippen LogP contribution in [0.2, 0.25) is 0 Å². The number of carbonyl (C=O) groups is 2. The molecule has 0 fully saturated rings. The quantitative estimate of drug-likeness (QED) is 0.675. The lowest BCUT2D eigenvalue weighted by Gasteiger charge is -2.37. The Morgan fingerprint density at radius 1 is 1.39 bits per heavy atom. The van der Waals surface area contributed by atoms with E-state index < -0.39 is 31.0 Å². The van der Waals surface area contributed by atoms with Gasteiger partial charge in [-0.25, -0.2) is 0 Å². The van der Waals surface area contributed by atoms with Crippen molar-refractivity contribution in [1.82, 2.24) is 9.80 Å². The zero-order valence-electron chi connectivity index (χ0n) is 18.2. The van der Waals surface area contributed by atoms with Crippen LogP contribution in [-0.4, -0.2) is 78.8 Å². The Morgan fingerprint density at radius 2 is 2.06 bits per heavy atom. The van der Waals surface area contributed by atoms with E-state index in [2.05, 4.69) is 5.32 Å². The van der Waals surface area contributed by atoms with Crippen LogP contribution in [0.5, 0.6) is 5.75 Å². The lowest BCUT2D eigenvalue weighted by Crippen LogP contribution is -2.49. The average Bonchev–Trinajstić information content (AvgIpc) is 2.68. The number of aliphatic hydroxyl groups is 1. The van der Waals surface area contributed by atoms with Crippen molar-refractivity contribution in [3.63, 3.8) is 0 Å². The molecule has 1 aliphatic heterocycles. The van der Waals surface area contributed by atoms with Crippen LogP contribution >= 0.6 is 0 Å². The van der Waals surface area contributed by atoms with Crippen molar-refractivity contribution >= 4 is 17.5 Å². The van der Waals surface area contributed by atoms with E-state index in [1.54, 1.807) is 11.8 Å². The van der Waals surface area contributed by atoms with Crippen molar-refractivity contribution < 1.29 is 32.6 Å². The summed E-state index contributed by atoms with van der Waals surface area (Å²) >= 11 is 0. The standard InChI is InChI=1S/C21H30F3N3O4/c1-13-10-27(14(2)12-28)20(30)16-9-15(25-19(29)7-8-21(22,23)24)5-6-17(16)31-18(13)11-26(3)4/h5-6,9,13-14,18,28H,7-8,10-12H2,1-4H3,(H,25,29)/t13-,14-,18+/m1/s1. The molecule has 1 aromatic rings. The fourth-order valence-corrected chi connectivity index (χ4v) is 3.36.